The van der Waals surface area contributed by atoms with Crippen LogP contribution in [0.4, 0.5) is 0 Å². The van der Waals surface area contributed by atoms with Crippen molar-refractivity contribution in [3.63, 3.8) is 0 Å². The van der Waals surface area contributed by atoms with Crippen molar-refractivity contribution in [3.8, 4) is 0 Å². The van der Waals surface area contributed by atoms with Crippen molar-refractivity contribution in [2.75, 3.05) is 6.54 Å². The van der Waals surface area contributed by atoms with Gasteiger partial charge in [-0.2, -0.15) is 0 Å². The first-order chi connectivity index (χ1) is 6.65. The molecule has 2 N–H and O–H groups in total. The van der Waals surface area contributed by atoms with Gasteiger partial charge in [-0.3, -0.25) is 9.59 Å². The van der Waals surface area contributed by atoms with E-state index in [1.165, 1.54) is 0 Å². The van der Waals surface area contributed by atoms with Crippen LogP contribution in [0.3, 0.4) is 0 Å². The van der Waals surface area contributed by atoms with Gasteiger partial charge in [0.15, 0.2) is 0 Å². The van der Waals surface area contributed by atoms with Gasteiger partial charge in [0.25, 0.3) is 0 Å². The summed E-state index contributed by atoms with van der Waals surface area (Å²) in [6.45, 7) is 4.38. The highest BCUT2D eigenvalue weighted by atomic mass is 16.2. The first kappa shape index (κ1) is 11.0. The summed E-state index contributed by atoms with van der Waals surface area (Å²) >= 11 is 0. The van der Waals surface area contributed by atoms with Crippen LogP contribution >= 0.6 is 0 Å². The summed E-state index contributed by atoms with van der Waals surface area (Å²) in [5.74, 6) is 0.0847. The molecule has 80 valence electrons. The monoisotopic (exact) mass is 198 g/mol. The zero-order valence-corrected chi connectivity index (χ0v) is 8.80. The molecule has 1 aliphatic rings. The predicted octanol–water partition coefficient (Wildman–Crippen LogP) is 0.427. The highest BCUT2D eigenvalue weighted by Gasteiger charge is 2.31. The van der Waals surface area contributed by atoms with Gasteiger partial charge in [0, 0.05) is 12.5 Å². The van der Waals surface area contributed by atoms with Crippen molar-refractivity contribution < 1.29 is 9.59 Å². The van der Waals surface area contributed by atoms with E-state index in [1.54, 1.807) is 6.92 Å². The van der Waals surface area contributed by atoms with Gasteiger partial charge in [0.05, 0.1) is 0 Å². The Balaban J connectivity index is 2.21. The van der Waals surface area contributed by atoms with Gasteiger partial charge in [-0.25, -0.2) is 0 Å². The summed E-state index contributed by atoms with van der Waals surface area (Å²) in [5, 5.41) is 5.44. The molecule has 0 aromatic carbocycles. The molecule has 1 aliphatic carbocycles. The number of carbonyl (C=O) groups excluding carboxylic acids is 2. The third-order valence-electron chi connectivity index (χ3n) is 2.25. The van der Waals surface area contributed by atoms with Crippen molar-refractivity contribution in [1.82, 2.24) is 10.6 Å². The Labute approximate surface area is 84.4 Å². The van der Waals surface area contributed by atoms with E-state index in [0.717, 1.165) is 19.3 Å². The lowest BCUT2D eigenvalue weighted by Gasteiger charge is -2.13. The summed E-state index contributed by atoms with van der Waals surface area (Å²) in [6, 6.07) is -0.408. The SMILES string of the molecule is CCCNC(=O)C(C)NC(=O)C1CC1. The normalized spacial score (nSPS) is 17.3. The molecular weight excluding hydrogens is 180 g/mol. The molecule has 1 saturated carbocycles. The molecule has 1 fully saturated rings. The fourth-order valence-corrected chi connectivity index (χ4v) is 1.14. The third-order valence-corrected chi connectivity index (χ3v) is 2.25. The Hall–Kier alpha value is -1.06. The van der Waals surface area contributed by atoms with E-state index in [1.807, 2.05) is 6.92 Å². The lowest BCUT2D eigenvalue weighted by molar-refractivity contribution is -0.129. The van der Waals surface area contributed by atoms with Gasteiger partial charge < -0.3 is 10.6 Å². The van der Waals surface area contributed by atoms with E-state index in [4.69, 9.17) is 0 Å². The summed E-state index contributed by atoms with van der Waals surface area (Å²) in [5.41, 5.74) is 0. The van der Waals surface area contributed by atoms with E-state index in [2.05, 4.69) is 10.6 Å². The molecule has 14 heavy (non-hydrogen) atoms. The Morgan fingerprint density at radius 1 is 1.43 bits per heavy atom. The van der Waals surface area contributed by atoms with Gasteiger partial charge in [0.2, 0.25) is 11.8 Å². The van der Waals surface area contributed by atoms with E-state index in [-0.39, 0.29) is 17.7 Å². The third kappa shape index (κ3) is 3.36. The summed E-state index contributed by atoms with van der Waals surface area (Å²) in [7, 11) is 0. The Kier molecular flexibility index (Phi) is 3.92. The molecule has 0 heterocycles. The van der Waals surface area contributed by atoms with Crippen molar-refractivity contribution in [3.05, 3.63) is 0 Å². The second kappa shape index (κ2) is 4.98. The Morgan fingerprint density at radius 2 is 2.07 bits per heavy atom. The molecule has 0 spiro atoms. The minimum atomic E-state index is -0.408. The van der Waals surface area contributed by atoms with E-state index in [9.17, 15) is 9.59 Å². The van der Waals surface area contributed by atoms with Crippen LogP contribution in [0.25, 0.3) is 0 Å². The number of carbonyl (C=O) groups is 2. The summed E-state index contributed by atoms with van der Waals surface area (Å²) in [6.07, 6.45) is 2.85. The molecular formula is C10H18N2O2. The lowest BCUT2D eigenvalue weighted by Crippen LogP contribution is -2.45. The molecule has 1 atom stereocenters. The fraction of sp³-hybridized carbons (Fsp3) is 0.800. The molecule has 0 saturated heterocycles. The minimum Gasteiger partial charge on any atom is -0.354 e. The molecule has 0 aromatic rings. The van der Waals surface area contributed by atoms with Crippen LogP contribution in [0.15, 0.2) is 0 Å². The van der Waals surface area contributed by atoms with Gasteiger partial charge in [0.1, 0.15) is 6.04 Å². The van der Waals surface area contributed by atoms with Crippen molar-refractivity contribution in [1.29, 1.82) is 0 Å². The van der Waals surface area contributed by atoms with Gasteiger partial charge >= 0.3 is 0 Å². The number of rotatable bonds is 5. The van der Waals surface area contributed by atoms with Crippen LogP contribution in [0.2, 0.25) is 0 Å². The zero-order valence-electron chi connectivity index (χ0n) is 8.80. The highest BCUT2D eigenvalue weighted by Crippen LogP contribution is 2.28. The van der Waals surface area contributed by atoms with Crippen LogP contribution in [-0.4, -0.2) is 24.4 Å². The molecule has 1 unspecified atom stereocenters. The molecule has 0 bridgehead atoms. The van der Waals surface area contributed by atoms with E-state index in [0.29, 0.717) is 6.54 Å². The number of amides is 2. The quantitative estimate of drug-likeness (QED) is 0.673. The molecule has 0 aromatic heterocycles. The minimum absolute atomic E-state index is 0.0177. The van der Waals surface area contributed by atoms with Crippen molar-refractivity contribution in [2.24, 2.45) is 5.92 Å². The second-order valence-electron chi connectivity index (χ2n) is 3.80. The Bertz CT molecular complexity index is 224. The second-order valence-corrected chi connectivity index (χ2v) is 3.80. The van der Waals surface area contributed by atoms with Crippen LogP contribution in [0.5, 0.6) is 0 Å². The first-order valence-electron chi connectivity index (χ1n) is 5.23. The molecule has 4 nitrogen and oxygen atoms in total. The first-order valence-corrected chi connectivity index (χ1v) is 5.23. The zero-order chi connectivity index (χ0) is 10.6. The average molecular weight is 198 g/mol. The van der Waals surface area contributed by atoms with Gasteiger partial charge in [-0.1, -0.05) is 6.92 Å². The molecule has 0 aliphatic heterocycles. The lowest BCUT2D eigenvalue weighted by atomic mass is 10.3. The smallest absolute Gasteiger partial charge is 0.242 e. The topological polar surface area (TPSA) is 58.2 Å². The summed E-state index contributed by atoms with van der Waals surface area (Å²) in [4.78, 5) is 22.7. The van der Waals surface area contributed by atoms with Crippen molar-refractivity contribution >= 4 is 11.8 Å². The maximum absolute atomic E-state index is 11.4. The van der Waals surface area contributed by atoms with E-state index < -0.39 is 6.04 Å². The van der Waals surface area contributed by atoms with Crippen LogP contribution in [0.1, 0.15) is 33.1 Å². The number of hydrogen-bond acceptors (Lipinski definition) is 2. The van der Waals surface area contributed by atoms with Gasteiger partial charge in [-0.05, 0) is 26.2 Å². The Morgan fingerprint density at radius 3 is 2.57 bits per heavy atom. The molecule has 0 radical (unpaired) electrons. The predicted molar refractivity (Wildman–Crippen MR) is 53.6 cm³/mol. The molecule has 4 heteroatoms. The van der Waals surface area contributed by atoms with Crippen LogP contribution in [-0.2, 0) is 9.59 Å². The van der Waals surface area contributed by atoms with Crippen LogP contribution < -0.4 is 10.6 Å². The van der Waals surface area contributed by atoms with Gasteiger partial charge in [-0.15, -0.1) is 0 Å². The largest absolute Gasteiger partial charge is 0.354 e. The van der Waals surface area contributed by atoms with Crippen LogP contribution in [0, 0.1) is 5.92 Å². The molecule has 2 amide bonds. The number of nitrogens with one attached hydrogen (secondary N) is 2. The maximum atomic E-state index is 11.4. The molecule has 1 rings (SSSR count). The maximum Gasteiger partial charge on any atom is 0.242 e. The average Bonchev–Trinajstić information content (AvgIpc) is 2.96. The fourth-order valence-electron chi connectivity index (χ4n) is 1.14. The number of hydrogen-bond donors (Lipinski definition) is 2. The van der Waals surface area contributed by atoms with E-state index >= 15 is 0 Å². The van der Waals surface area contributed by atoms with Crippen molar-refractivity contribution in [2.45, 2.75) is 39.2 Å². The summed E-state index contributed by atoms with van der Waals surface area (Å²) < 4.78 is 0. The standard InChI is InChI=1S/C10H18N2O2/c1-3-6-11-9(13)7(2)12-10(14)8-4-5-8/h7-8H,3-6H2,1-2H3,(H,11,13)(H,12,14). The highest BCUT2D eigenvalue weighted by molar-refractivity contribution is 5.88.